The van der Waals surface area contributed by atoms with Gasteiger partial charge in [-0.05, 0) is 24.6 Å². The maximum atomic E-state index is 12.0. The summed E-state index contributed by atoms with van der Waals surface area (Å²) in [6, 6.07) is 15.9. The molecule has 1 aliphatic rings. The second kappa shape index (κ2) is 8.11. The monoisotopic (exact) mass is 343 g/mol. The van der Waals surface area contributed by atoms with E-state index in [4.69, 9.17) is 9.47 Å². The number of hydrogen-bond donors (Lipinski definition) is 1. The summed E-state index contributed by atoms with van der Waals surface area (Å²) in [5.41, 5.74) is 2.49. The van der Waals surface area contributed by atoms with Gasteiger partial charge in [0.05, 0.1) is 12.3 Å². The molecule has 0 aliphatic carbocycles. The highest BCUT2D eigenvalue weighted by atomic mass is 32.2. The van der Waals surface area contributed by atoms with Gasteiger partial charge in [0, 0.05) is 5.75 Å². The molecule has 2 aromatic carbocycles. The number of fused-ring (bicyclic) bond motifs is 1. The minimum atomic E-state index is -0.148. The van der Waals surface area contributed by atoms with E-state index in [-0.39, 0.29) is 12.0 Å². The topological polar surface area (TPSA) is 47.6 Å². The van der Waals surface area contributed by atoms with Crippen LogP contribution in [0.1, 0.15) is 11.1 Å². The average molecular weight is 343 g/mol. The first-order valence-corrected chi connectivity index (χ1v) is 9.14. The third-order valence-corrected chi connectivity index (χ3v) is 4.68. The SMILES string of the molecule is Cc1cccc(CSCC(=O)NC[C@@H]2COc3ccccc3O2)c1. The first kappa shape index (κ1) is 16.7. The summed E-state index contributed by atoms with van der Waals surface area (Å²) < 4.78 is 11.5. The van der Waals surface area contributed by atoms with Crippen LogP contribution < -0.4 is 14.8 Å². The van der Waals surface area contributed by atoms with Crippen LogP contribution in [0.2, 0.25) is 0 Å². The molecular formula is C19H21NO3S. The standard InChI is InChI=1S/C19H21NO3S/c1-14-5-4-6-15(9-14)12-24-13-19(21)20-10-16-11-22-17-7-2-3-8-18(17)23-16/h2-9,16H,10-13H2,1H3,(H,20,21)/t16-/m1/s1. The average Bonchev–Trinajstić information content (AvgIpc) is 2.60. The van der Waals surface area contributed by atoms with Crippen molar-refractivity contribution in [2.75, 3.05) is 18.9 Å². The van der Waals surface area contributed by atoms with Crippen molar-refractivity contribution in [3.05, 3.63) is 59.7 Å². The molecule has 1 amide bonds. The molecule has 0 saturated heterocycles. The molecule has 0 unspecified atom stereocenters. The third kappa shape index (κ3) is 4.68. The molecule has 3 rings (SSSR count). The highest BCUT2D eigenvalue weighted by Crippen LogP contribution is 2.30. The molecule has 24 heavy (non-hydrogen) atoms. The van der Waals surface area contributed by atoms with Gasteiger partial charge in [-0.3, -0.25) is 4.79 Å². The van der Waals surface area contributed by atoms with Crippen LogP contribution in [-0.2, 0) is 10.5 Å². The van der Waals surface area contributed by atoms with E-state index in [0.717, 1.165) is 17.3 Å². The third-order valence-electron chi connectivity index (χ3n) is 3.68. The fourth-order valence-electron chi connectivity index (χ4n) is 2.51. The Balaban J connectivity index is 1.37. The number of hydrogen-bond acceptors (Lipinski definition) is 4. The number of carbonyl (C=O) groups excluding carboxylic acids is 1. The summed E-state index contributed by atoms with van der Waals surface area (Å²) in [6.07, 6.45) is -0.148. The summed E-state index contributed by atoms with van der Waals surface area (Å²) in [4.78, 5) is 12.0. The number of benzene rings is 2. The molecule has 4 nitrogen and oxygen atoms in total. The van der Waals surface area contributed by atoms with Gasteiger partial charge < -0.3 is 14.8 Å². The summed E-state index contributed by atoms with van der Waals surface area (Å²) in [5.74, 6) is 2.80. The fourth-order valence-corrected chi connectivity index (χ4v) is 3.31. The Morgan fingerprint density at radius 3 is 2.88 bits per heavy atom. The minimum absolute atomic E-state index is 0.0233. The van der Waals surface area contributed by atoms with Crippen LogP contribution in [0.5, 0.6) is 11.5 Å². The molecular weight excluding hydrogens is 322 g/mol. The van der Waals surface area contributed by atoms with Crippen LogP contribution in [0.15, 0.2) is 48.5 Å². The van der Waals surface area contributed by atoms with Crippen LogP contribution in [0.3, 0.4) is 0 Å². The van der Waals surface area contributed by atoms with Gasteiger partial charge in [-0.15, -0.1) is 11.8 Å². The van der Waals surface area contributed by atoms with Crippen LogP contribution in [0.4, 0.5) is 0 Å². The fraction of sp³-hybridized carbons (Fsp3) is 0.316. The minimum Gasteiger partial charge on any atom is -0.486 e. The number of para-hydroxylation sites is 2. The van der Waals surface area contributed by atoms with E-state index in [0.29, 0.717) is 18.9 Å². The van der Waals surface area contributed by atoms with Gasteiger partial charge in [0.15, 0.2) is 11.5 Å². The van der Waals surface area contributed by atoms with E-state index in [1.165, 1.54) is 11.1 Å². The van der Waals surface area contributed by atoms with E-state index in [1.54, 1.807) is 11.8 Å². The smallest absolute Gasteiger partial charge is 0.230 e. The molecule has 0 spiro atoms. The first-order chi connectivity index (χ1) is 11.7. The Morgan fingerprint density at radius 1 is 1.21 bits per heavy atom. The largest absolute Gasteiger partial charge is 0.486 e. The zero-order valence-electron chi connectivity index (χ0n) is 13.7. The molecule has 1 aliphatic heterocycles. The van der Waals surface area contributed by atoms with Crippen LogP contribution in [-0.4, -0.2) is 30.9 Å². The van der Waals surface area contributed by atoms with Gasteiger partial charge in [-0.1, -0.05) is 42.0 Å². The van der Waals surface area contributed by atoms with Crippen LogP contribution in [0, 0.1) is 6.92 Å². The van der Waals surface area contributed by atoms with Gasteiger partial charge in [-0.25, -0.2) is 0 Å². The van der Waals surface area contributed by atoms with E-state index >= 15 is 0 Å². The highest BCUT2D eigenvalue weighted by molar-refractivity contribution is 7.99. The lowest BCUT2D eigenvalue weighted by Gasteiger charge is -2.26. The molecule has 1 N–H and O–H groups in total. The lowest BCUT2D eigenvalue weighted by atomic mass is 10.2. The molecule has 0 fully saturated rings. The zero-order valence-corrected chi connectivity index (χ0v) is 14.5. The van der Waals surface area contributed by atoms with Crippen molar-refractivity contribution in [1.29, 1.82) is 0 Å². The van der Waals surface area contributed by atoms with Gasteiger partial charge in [0.2, 0.25) is 5.91 Å². The van der Waals surface area contributed by atoms with Gasteiger partial charge in [0.1, 0.15) is 12.7 Å². The van der Waals surface area contributed by atoms with Crippen molar-refractivity contribution >= 4 is 17.7 Å². The van der Waals surface area contributed by atoms with E-state index in [9.17, 15) is 4.79 Å². The lowest BCUT2D eigenvalue weighted by molar-refractivity contribution is -0.119. The van der Waals surface area contributed by atoms with Crippen LogP contribution in [0.25, 0.3) is 0 Å². The highest BCUT2D eigenvalue weighted by Gasteiger charge is 2.20. The van der Waals surface area contributed by atoms with Gasteiger partial charge in [-0.2, -0.15) is 0 Å². The molecule has 5 heteroatoms. The van der Waals surface area contributed by atoms with E-state index < -0.39 is 0 Å². The second-order valence-electron chi connectivity index (χ2n) is 5.78. The Kier molecular flexibility index (Phi) is 5.64. The number of thioether (sulfide) groups is 1. The van der Waals surface area contributed by atoms with Crippen molar-refractivity contribution in [2.24, 2.45) is 0 Å². The Bertz CT molecular complexity index is 705. The maximum Gasteiger partial charge on any atom is 0.230 e. The molecule has 0 radical (unpaired) electrons. The van der Waals surface area contributed by atoms with E-state index in [1.807, 2.05) is 30.3 Å². The van der Waals surface area contributed by atoms with Crippen molar-refractivity contribution in [2.45, 2.75) is 18.8 Å². The first-order valence-electron chi connectivity index (χ1n) is 7.99. The number of nitrogens with one attached hydrogen (secondary N) is 1. The summed E-state index contributed by atoms with van der Waals surface area (Å²) in [6.45, 7) is 2.98. The summed E-state index contributed by atoms with van der Waals surface area (Å²) >= 11 is 1.61. The van der Waals surface area contributed by atoms with Crippen LogP contribution >= 0.6 is 11.8 Å². The Hall–Kier alpha value is -2.14. The molecule has 1 heterocycles. The number of amides is 1. The van der Waals surface area contributed by atoms with Crippen molar-refractivity contribution < 1.29 is 14.3 Å². The predicted octanol–water partition coefficient (Wildman–Crippen LogP) is 3.18. The maximum absolute atomic E-state index is 12.0. The number of ether oxygens (including phenoxy) is 2. The molecule has 0 aromatic heterocycles. The lowest BCUT2D eigenvalue weighted by Crippen LogP contribution is -2.41. The van der Waals surface area contributed by atoms with Crippen molar-refractivity contribution in [3.63, 3.8) is 0 Å². The van der Waals surface area contributed by atoms with Crippen molar-refractivity contribution in [1.82, 2.24) is 5.32 Å². The molecule has 0 bridgehead atoms. The summed E-state index contributed by atoms with van der Waals surface area (Å²) in [7, 11) is 0. The molecule has 2 aromatic rings. The normalized spacial score (nSPS) is 15.8. The molecule has 126 valence electrons. The Morgan fingerprint density at radius 2 is 2.04 bits per heavy atom. The number of rotatable bonds is 6. The molecule has 1 atom stereocenters. The van der Waals surface area contributed by atoms with Gasteiger partial charge in [0.25, 0.3) is 0 Å². The quantitative estimate of drug-likeness (QED) is 0.875. The van der Waals surface area contributed by atoms with Gasteiger partial charge >= 0.3 is 0 Å². The van der Waals surface area contributed by atoms with Crippen molar-refractivity contribution in [3.8, 4) is 11.5 Å². The molecule has 0 saturated carbocycles. The second-order valence-corrected chi connectivity index (χ2v) is 6.77. The Labute approximate surface area is 146 Å². The zero-order chi connectivity index (χ0) is 16.8. The summed E-state index contributed by atoms with van der Waals surface area (Å²) in [5, 5.41) is 2.92. The predicted molar refractivity (Wildman–Crippen MR) is 96.7 cm³/mol. The number of carbonyl (C=O) groups is 1. The number of aryl methyl sites for hydroxylation is 1. The van der Waals surface area contributed by atoms with E-state index in [2.05, 4.69) is 30.4 Å².